The third-order valence-corrected chi connectivity index (χ3v) is 3.60. The van der Waals surface area contributed by atoms with Crippen molar-refractivity contribution in [3.8, 4) is 16.9 Å². The fraction of sp³-hybridized carbons (Fsp3) is 0.333. The Kier molecular flexibility index (Phi) is 4.22. The predicted molar refractivity (Wildman–Crippen MR) is 77.9 cm³/mol. The van der Waals surface area contributed by atoms with Crippen LogP contribution in [0.25, 0.3) is 11.1 Å². The first-order chi connectivity index (χ1) is 9.02. The molecule has 0 spiro atoms. The van der Waals surface area contributed by atoms with E-state index in [1.54, 1.807) is 0 Å². The van der Waals surface area contributed by atoms with Crippen LogP contribution in [0.4, 0.5) is 0 Å². The highest BCUT2D eigenvalue weighted by molar-refractivity contribution is 7.74. The van der Waals surface area contributed by atoms with Gasteiger partial charge in [0.15, 0.2) is 5.75 Å². The summed E-state index contributed by atoms with van der Waals surface area (Å²) in [5.41, 5.74) is 4.28. The quantitative estimate of drug-likeness (QED) is 0.860. The monoisotopic (exact) mass is 278 g/mol. The molecule has 2 aliphatic rings. The summed E-state index contributed by atoms with van der Waals surface area (Å²) in [5, 5.41) is 0. The molecule has 102 valence electrons. The van der Waals surface area contributed by atoms with Crippen molar-refractivity contribution >= 4 is 11.4 Å². The molecule has 0 heterocycles. The molecule has 0 aromatic rings. The fourth-order valence-electron chi connectivity index (χ4n) is 2.23. The van der Waals surface area contributed by atoms with Gasteiger partial charge in [0.1, 0.15) is 0 Å². The second-order valence-corrected chi connectivity index (χ2v) is 5.44. The van der Waals surface area contributed by atoms with Crippen LogP contribution in [-0.2, 0) is 17.8 Å². The smallest absolute Gasteiger partial charge is 0.357 e. The molecular weight excluding hydrogens is 260 g/mol. The molecule has 0 saturated carbocycles. The number of hydrogen-bond donors (Lipinski definition) is 1. The highest BCUT2D eigenvalue weighted by Gasteiger charge is 2.17. The van der Waals surface area contributed by atoms with E-state index in [0.29, 0.717) is 11.7 Å². The second-order valence-electron chi connectivity index (χ2n) is 4.84. The van der Waals surface area contributed by atoms with Crippen molar-refractivity contribution < 1.29 is 12.9 Å². The Labute approximate surface area is 116 Å². The highest BCUT2D eigenvalue weighted by Crippen LogP contribution is 2.39. The molecule has 0 bridgehead atoms. The van der Waals surface area contributed by atoms with Crippen molar-refractivity contribution in [3.05, 3.63) is 41.5 Å². The minimum atomic E-state index is -2.29. The van der Waals surface area contributed by atoms with Crippen LogP contribution in [0, 0.1) is 0 Å². The van der Waals surface area contributed by atoms with Crippen molar-refractivity contribution in [1.29, 1.82) is 0 Å². The third kappa shape index (κ3) is 2.96. The Hall–Kier alpha value is -1.39. The lowest BCUT2D eigenvalue weighted by Crippen LogP contribution is -1.96. The van der Waals surface area contributed by atoms with Gasteiger partial charge in [-0.1, -0.05) is 39.0 Å². The molecular formula is C15H18O3S. The van der Waals surface area contributed by atoms with Gasteiger partial charge in [-0.2, -0.15) is 4.21 Å². The summed E-state index contributed by atoms with van der Waals surface area (Å²) in [4.78, 5) is 0. The van der Waals surface area contributed by atoms with E-state index in [2.05, 4.69) is 26.8 Å². The first-order valence-electron chi connectivity index (χ1n) is 6.37. The van der Waals surface area contributed by atoms with Gasteiger partial charge in [0, 0.05) is 5.56 Å². The first-order valence-corrected chi connectivity index (χ1v) is 7.40. The third-order valence-electron chi connectivity index (χ3n) is 3.28. The molecule has 1 N–H and O–H groups in total. The van der Waals surface area contributed by atoms with E-state index in [1.807, 2.05) is 24.3 Å². The van der Waals surface area contributed by atoms with Crippen molar-refractivity contribution in [2.45, 2.75) is 33.1 Å². The van der Waals surface area contributed by atoms with Crippen LogP contribution in [0.1, 0.15) is 37.8 Å². The van der Waals surface area contributed by atoms with Crippen molar-refractivity contribution in [3.63, 3.8) is 0 Å². The molecule has 2 rings (SSSR count). The summed E-state index contributed by atoms with van der Waals surface area (Å²) < 4.78 is 24.8. The van der Waals surface area contributed by atoms with E-state index in [1.165, 1.54) is 5.56 Å². The fourth-order valence-corrected chi connectivity index (χ4v) is 2.52. The van der Waals surface area contributed by atoms with Gasteiger partial charge in [0.25, 0.3) is 0 Å². The molecule has 19 heavy (non-hydrogen) atoms. The summed E-state index contributed by atoms with van der Waals surface area (Å²) in [6.07, 6.45) is 0.860. The molecule has 4 heteroatoms. The number of aryl methyl sites for hydroxylation is 1. The van der Waals surface area contributed by atoms with Crippen LogP contribution in [0.15, 0.2) is 30.3 Å². The number of rotatable bonds is 4. The van der Waals surface area contributed by atoms with Gasteiger partial charge < -0.3 is 4.18 Å². The molecule has 0 radical (unpaired) electrons. The minimum Gasteiger partial charge on any atom is -0.379 e. The van der Waals surface area contributed by atoms with Crippen molar-refractivity contribution in [2.75, 3.05) is 0 Å². The minimum absolute atomic E-state index is 0.392. The molecule has 0 amide bonds. The molecule has 0 aromatic heterocycles. The number of hydrogen-bond acceptors (Lipinski definition) is 2. The lowest BCUT2D eigenvalue weighted by Gasteiger charge is -2.04. The van der Waals surface area contributed by atoms with Crippen molar-refractivity contribution in [1.82, 2.24) is 0 Å². The van der Waals surface area contributed by atoms with E-state index >= 15 is 0 Å². The lowest BCUT2D eigenvalue weighted by atomic mass is 10.0. The molecule has 0 aliphatic heterocycles. The van der Waals surface area contributed by atoms with Gasteiger partial charge in [-0.25, -0.2) is 0 Å². The van der Waals surface area contributed by atoms with E-state index in [9.17, 15) is 4.21 Å². The summed E-state index contributed by atoms with van der Waals surface area (Å²) in [6.45, 7) is 6.30. The number of fused-ring (bicyclic) bond motifs is 1. The summed E-state index contributed by atoms with van der Waals surface area (Å²) in [6, 6.07) is 10.0. The average molecular weight is 278 g/mol. The summed E-state index contributed by atoms with van der Waals surface area (Å²) >= 11 is -2.29. The zero-order chi connectivity index (χ0) is 14.0. The van der Waals surface area contributed by atoms with Gasteiger partial charge in [0.2, 0.25) is 0 Å². The maximum atomic E-state index is 10.9. The summed E-state index contributed by atoms with van der Waals surface area (Å²) in [5.74, 6) is 0.869. The van der Waals surface area contributed by atoms with Crippen LogP contribution in [-0.4, -0.2) is 8.76 Å². The standard InChI is InChI=1S/C15H18O3S/c1-4-11-9-15(18-19(16)17)14-8-12(10(2)3)6-5-7-13(11)14/h5-10H,4H2,1-3H3,(H,16,17). The van der Waals surface area contributed by atoms with E-state index in [-0.39, 0.29) is 0 Å². The molecule has 0 saturated heterocycles. The van der Waals surface area contributed by atoms with Crippen LogP contribution in [0.2, 0.25) is 0 Å². The van der Waals surface area contributed by atoms with Crippen LogP contribution < -0.4 is 4.18 Å². The van der Waals surface area contributed by atoms with Crippen molar-refractivity contribution in [2.24, 2.45) is 0 Å². The van der Waals surface area contributed by atoms with Gasteiger partial charge in [-0.3, -0.25) is 4.55 Å². The van der Waals surface area contributed by atoms with Crippen LogP contribution in [0.5, 0.6) is 5.75 Å². The Bertz CT molecular complexity index is 578. The molecule has 1 atom stereocenters. The maximum absolute atomic E-state index is 10.9. The molecule has 0 aromatic carbocycles. The van der Waals surface area contributed by atoms with E-state index < -0.39 is 11.4 Å². The van der Waals surface area contributed by atoms with Gasteiger partial charge in [-0.15, -0.1) is 0 Å². The Morgan fingerprint density at radius 1 is 1.26 bits per heavy atom. The van der Waals surface area contributed by atoms with Gasteiger partial charge in [0.05, 0.1) is 0 Å². The molecule has 1 unspecified atom stereocenters. The topological polar surface area (TPSA) is 46.5 Å². The Morgan fingerprint density at radius 3 is 2.58 bits per heavy atom. The SMILES string of the molecule is CCc1cc(OS(=O)O)c2cc(C(C)C)cccc1-2. The lowest BCUT2D eigenvalue weighted by molar-refractivity contribution is 0.459. The van der Waals surface area contributed by atoms with Crippen LogP contribution in [0.3, 0.4) is 0 Å². The van der Waals surface area contributed by atoms with Gasteiger partial charge >= 0.3 is 11.4 Å². The highest BCUT2D eigenvalue weighted by atomic mass is 32.2. The largest absolute Gasteiger partial charge is 0.379 e. The van der Waals surface area contributed by atoms with E-state index in [0.717, 1.165) is 23.1 Å². The van der Waals surface area contributed by atoms with Crippen LogP contribution >= 0.6 is 0 Å². The molecule has 0 fully saturated rings. The van der Waals surface area contributed by atoms with E-state index in [4.69, 9.17) is 8.74 Å². The zero-order valence-corrected chi connectivity index (χ0v) is 12.2. The normalized spacial score (nSPS) is 12.9. The first kappa shape index (κ1) is 14.0. The second kappa shape index (κ2) is 5.72. The molecule has 3 nitrogen and oxygen atoms in total. The van der Waals surface area contributed by atoms with Gasteiger partial charge in [-0.05, 0) is 41.2 Å². The zero-order valence-electron chi connectivity index (χ0n) is 11.3. The Balaban J connectivity index is 2.62. The summed E-state index contributed by atoms with van der Waals surface area (Å²) in [7, 11) is 0. The predicted octanol–water partition coefficient (Wildman–Crippen LogP) is 3.99. The maximum Gasteiger partial charge on any atom is 0.357 e. The Morgan fingerprint density at radius 2 is 2.00 bits per heavy atom. The average Bonchev–Trinajstić information content (AvgIpc) is 2.54. The molecule has 2 aliphatic carbocycles.